The normalized spacial score (nSPS) is 17.5. The summed E-state index contributed by atoms with van der Waals surface area (Å²) >= 11 is 0. The Hall–Kier alpha value is -3.09. The first kappa shape index (κ1) is 21.2. The van der Waals surface area contributed by atoms with Crippen LogP contribution in [0.4, 0.5) is 4.39 Å². The van der Waals surface area contributed by atoms with E-state index < -0.39 is 5.95 Å². The van der Waals surface area contributed by atoms with Gasteiger partial charge in [0, 0.05) is 31.3 Å². The number of hydrogen-bond acceptors (Lipinski definition) is 4. The highest BCUT2D eigenvalue weighted by Gasteiger charge is 2.22. The highest BCUT2D eigenvalue weighted by Crippen LogP contribution is 2.25. The first-order chi connectivity index (χ1) is 13.3. The Labute approximate surface area is 165 Å². The monoisotopic (exact) mass is 383 g/mol. The van der Waals surface area contributed by atoms with Gasteiger partial charge in [0.1, 0.15) is 0 Å². The molecular formula is C21H26FN5O. The summed E-state index contributed by atoms with van der Waals surface area (Å²) in [6.07, 6.45) is 8.92. The lowest BCUT2D eigenvalue weighted by atomic mass is 9.97. The molecule has 0 spiro atoms. The minimum Gasteiger partial charge on any atom is -0.341 e. The van der Waals surface area contributed by atoms with Crippen molar-refractivity contribution >= 4 is 17.8 Å². The summed E-state index contributed by atoms with van der Waals surface area (Å²) in [6.45, 7) is 13.4. The third-order valence-electron chi connectivity index (χ3n) is 4.74. The van der Waals surface area contributed by atoms with Crippen molar-refractivity contribution in [1.29, 1.82) is 0 Å². The quantitative estimate of drug-likeness (QED) is 0.407. The van der Waals surface area contributed by atoms with Gasteiger partial charge in [0.25, 0.3) is 5.91 Å². The van der Waals surface area contributed by atoms with Crippen molar-refractivity contribution in [2.24, 2.45) is 4.99 Å². The zero-order chi connectivity index (χ0) is 20.8. The van der Waals surface area contributed by atoms with Crippen LogP contribution in [0.3, 0.4) is 0 Å². The number of carbonyl (C=O) groups is 1. The zero-order valence-electron chi connectivity index (χ0n) is 16.8. The number of halogens is 1. The smallest absolute Gasteiger partial charge is 0.253 e. The number of amides is 1. The maximum absolute atomic E-state index is 14.1. The molecule has 0 bridgehead atoms. The number of likely N-dealkylation sites (N-methyl/N-ethyl adjacent to an activating group) is 1. The number of nitrogens with zero attached hydrogens (tertiary/aromatic N) is 5. The van der Waals surface area contributed by atoms with Gasteiger partial charge in [-0.05, 0) is 27.2 Å². The van der Waals surface area contributed by atoms with Gasteiger partial charge in [-0.2, -0.15) is 4.39 Å². The minimum atomic E-state index is -0.665. The van der Waals surface area contributed by atoms with Crippen molar-refractivity contribution in [2.45, 2.75) is 33.1 Å². The maximum atomic E-state index is 14.1. The van der Waals surface area contributed by atoms with Crippen LogP contribution in [0.15, 0.2) is 59.6 Å². The lowest BCUT2D eigenvalue weighted by Crippen LogP contribution is -2.33. The van der Waals surface area contributed by atoms with E-state index in [2.05, 4.69) is 28.5 Å². The highest BCUT2D eigenvalue weighted by molar-refractivity contribution is 5.97. The van der Waals surface area contributed by atoms with Crippen molar-refractivity contribution in [3.05, 3.63) is 65.9 Å². The van der Waals surface area contributed by atoms with Gasteiger partial charge in [-0.3, -0.25) is 4.79 Å². The molecule has 2 rings (SSSR count). The summed E-state index contributed by atoms with van der Waals surface area (Å²) < 4.78 is 15.5. The van der Waals surface area contributed by atoms with Gasteiger partial charge in [-0.1, -0.05) is 41.7 Å². The maximum Gasteiger partial charge on any atom is 0.253 e. The van der Waals surface area contributed by atoms with E-state index in [1.807, 2.05) is 19.1 Å². The van der Waals surface area contributed by atoms with E-state index in [1.54, 1.807) is 31.9 Å². The molecule has 0 saturated carbocycles. The predicted octanol–water partition coefficient (Wildman–Crippen LogP) is 3.96. The number of carbonyl (C=O) groups excluding carboxylic acids is 1. The first-order valence-electron chi connectivity index (χ1n) is 9.01. The van der Waals surface area contributed by atoms with E-state index >= 15 is 0 Å². The molecule has 0 fully saturated rings. The van der Waals surface area contributed by atoms with E-state index in [0.717, 1.165) is 18.5 Å². The zero-order valence-corrected chi connectivity index (χ0v) is 16.8. The second-order valence-electron chi connectivity index (χ2n) is 6.65. The molecule has 6 nitrogen and oxygen atoms in total. The molecular weight excluding hydrogens is 357 g/mol. The van der Waals surface area contributed by atoms with E-state index in [0.29, 0.717) is 17.0 Å². The molecule has 148 valence electrons. The third kappa shape index (κ3) is 4.42. The molecule has 1 aliphatic rings. The van der Waals surface area contributed by atoms with Crippen LogP contribution in [-0.2, 0) is 4.79 Å². The van der Waals surface area contributed by atoms with Gasteiger partial charge >= 0.3 is 0 Å². The Kier molecular flexibility index (Phi) is 6.98. The summed E-state index contributed by atoms with van der Waals surface area (Å²) in [5.74, 6) is -0.924. The van der Waals surface area contributed by atoms with E-state index in [1.165, 1.54) is 17.0 Å². The molecule has 0 saturated heterocycles. The van der Waals surface area contributed by atoms with Gasteiger partial charge in [-0.15, -0.1) is 11.7 Å². The topological polar surface area (TPSA) is 63.4 Å². The van der Waals surface area contributed by atoms with Crippen LogP contribution in [0.1, 0.15) is 37.6 Å². The van der Waals surface area contributed by atoms with E-state index in [4.69, 9.17) is 0 Å². The Morgan fingerprint density at radius 2 is 2.07 bits per heavy atom. The lowest BCUT2D eigenvalue weighted by molar-refractivity contribution is -0.126. The average Bonchev–Trinajstić information content (AvgIpc) is 3.06. The SMILES string of the molecule is C=C/C=N\C(F)=C(/C)n1nnc(C(C=C)/C=C\C2=C(C)CCN(C)C2=O)c1C. The Bertz CT molecular complexity index is 904. The van der Waals surface area contributed by atoms with Crippen LogP contribution < -0.4 is 0 Å². The van der Waals surface area contributed by atoms with Crippen LogP contribution in [0, 0.1) is 6.92 Å². The van der Waals surface area contributed by atoms with E-state index in [-0.39, 0.29) is 17.5 Å². The minimum absolute atomic E-state index is 0.00381. The standard InChI is InChI=1S/C21H26FN5O/c1-7-12-23-20(22)16(5)27-15(4)19(24-25-27)17(8-2)9-10-18-14(3)11-13-26(6)21(18)28/h7-10,12,17H,1-2,11,13H2,3-6H3/b10-9-,20-16+,23-12-. The molecule has 0 aliphatic carbocycles. The van der Waals surface area contributed by atoms with Gasteiger partial charge in [0.05, 0.1) is 17.1 Å². The van der Waals surface area contributed by atoms with Crippen LogP contribution >= 0.6 is 0 Å². The molecule has 0 N–H and O–H groups in total. The summed E-state index contributed by atoms with van der Waals surface area (Å²) in [4.78, 5) is 17.7. The molecule has 1 aromatic heterocycles. The Morgan fingerprint density at radius 1 is 1.36 bits per heavy atom. The Morgan fingerprint density at radius 3 is 2.71 bits per heavy atom. The molecule has 2 heterocycles. The summed E-state index contributed by atoms with van der Waals surface area (Å²) in [7, 11) is 1.79. The predicted molar refractivity (Wildman–Crippen MR) is 110 cm³/mol. The second-order valence-corrected chi connectivity index (χ2v) is 6.65. The molecule has 28 heavy (non-hydrogen) atoms. The summed E-state index contributed by atoms with van der Waals surface area (Å²) in [5, 5.41) is 8.24. The van der Waals surface area contributed by atoms with Gasteiger partial charge in [-0.25, -0.2) is 9.67 Å². The fraction of sp³-hybridized carbons (Fsp3) is 0.333. The number of allylic oxidation sites excluding steroid dienone is 4. The molecule has 0 aromatic carbocycles. The largest absolute Gasteiger partial charge is 0.341 e. The fourth-order valence-corrected chi connectivity index (χ4v) is 2.92. The average molecular weight is 383 g/mol. The molecule has 0 radical (unpaired) electrons. The third-order valence-corrected chi connectivity index (χ3v) is 4.74. The first-order valence-corrected chi connectivity index (χ1v) is 9.01. The van der Waals surface area contributed by atoms with Crippen LogP contribution in [0.2, 0.25) is 0 Å². The number of aliphatic imine (C=N–C) groups is 1. The number of aromatic nitrogens is 3. The van der Waals surface area contributed by atoms with Crippen LogP contribution in [0.25, 0.3) is 5.70 Å². The van der Waals surface area contributed by atoms with Crippen LogP contribution in [-0.4, -0.2) is 45.6 Å². The van der Waals surface area contributed by atoms with Gasteiger partial charge in [0.15, 0.2) is 0 Å². The molecule has 1 aliphatic heterocycles. The molecule has 1 unspecified atom stereocenters. The molecule has 7 heteroatoms. The van der Waals surface area contributed by atoms with E-state index in [9.17, 15) is 9.18 Å². The number of rotatable bonds is 7. The highest BCUT2D eigenvalue weighted by atomic mass is 19.1. The molecule has 1 aromatic rings. The van der Waals surface area contributed by atoms with Crippen molar-refractivity contribution < 1.29 is 9.18 Å². The molecule has 1 amide bonds. The fourth-order valence-electron chi connectivity index (χ4n) is 2.92. The second kappa shape index (κ2) is 9.21. The van der Waals surface area contributed by atoms with Crippen molar-refractivity contribution in [1.82, 2.24) is 19.9 Å². The lowest BCUT2D eigenvalue weighted by Gasteiger charge is -2.24. The molecule has 1 atom stereocenters. The van der Waals surface area contributed by atoms with Crippen molar-refractivity contribution in [2.75, 3.05) is 13.6 Å². The number of hydrogen-bond donors (Lipinski definition) is 0. The van der Waals surface area contributed by atoms with Crippen molar-refractivity contribution in [3.63, 3.8) is 0 Å². The Balaban J connectivity index is 2.35. The van der Waals surface area contributed by atoms with Crippen LogP contribution in [0.5, 0.6) is 0 Å². The van der Waals surface area contributed by atoms with Gasteiger partial charge in [0.2, 0.25) is 5.95 Å². The van der Waals surface area contributed by atoms with Gasteiger partial charge < -0.3 is 4.90 Å². The van der Waals surface area contributed by atoms with Crippen molar-refractivity contribution in [3.8, 4) is 0 Å². The summed E-state index contributed by atoms with van der Waals surface area (Å²) in [6, 6.07) is 0. The summed E-state index contributed by atoms with van der Waals surface area (Å²) in [5.41, 5.74) is 3.29.